The predicted molar refractivity (Wildman–Crippen MR) is 62.2 cm³/mol. The molecule has 0 fully saturated rings. The van der Waals surface area contributed by atoms with E-state index in [1.54, 1.807) is 18.2 Å². The van der Waals surface area contributed by atoms with E-state index in [4.69, 9.17) is 17.3 Å². The van der Waals surface area contributed by atoms with Crippen molar-refractivity contribution in [3.05, 3.63) is 34.3 Å². The Balaban J connectivity index is 2.78. The molecule has 1 atom stereocenters. The maximum atomic E-state index is 11.7. The molecule has 3 N–H and O–H groups in total. The molecule has 1 aromatic carbocycles. The average molecular weight is 227 g/mol. The van der Waals surface area contributed by atoms with Crippen molar-refractivity contribution in [2.24, 2.45) is 5.73 Å². The fourth-order valence-corrected chi connectivity index (χ4v) is 1.27. The van der Waals surface area contributed by atoms with Crippen molar-refractivity contribution < 1.29 is 4.79 Å². The highest BCUT2D eigenvalue weighted by Gasteiger charge is 2.09. The Hall–Kier alpha value is -1.06. The minimum atomic E-state index is -0.118. The molecule has 1 aromatic rings. The zero-order valence-electron chi connectivity index (χ0n) is 8.88. The van der Waals surface area contributed by atoms with Crippen molar-refractivity contribution in [1.29, 1.82) is 0 Å². The average Bonchev–Trinajstić information content (AvgIpc) is 2.21. The molecule has 0 radical (unpaired) electrons. The third kappa shape index (κ3) is 3.22. The fraction of sp³-hybridized carbons (Fsp3) is 0.364. The Bertz CT molecular complexity index is 366. The molecule has 1 unspecified atom stereocenters. The molecular weight excluding hydrogens is 212 g/mol. The van der Waals surface area contributed by atoms with Crippen molar-refractivity contribution in [2.75, 3.05) is 6.54 Å². The van der Waals surface area contributed by atoms with Crippen molar-refractivity contribution in [3.63, 3.8) is 0 Å². The summed E-state index contributed by atoms with van der Waals surface area (Å²) in [4.78, 5) is 11.7. The van der Waals surface area contributed by atoms with E-state index in [-0.39, 0.29) is 11.9 Å². The van der Waals surface area contributed by atoms with Crippen LogP contribution in [0.2, 0.25) is 5.02 Å². The maximum absolute atomic E-state index is 11.7. The van der Waals surface area contributed by atoms with Gasteiger partial charge >= 0.3 is 0 Å². The summed E-state index contributed by atoms with van der Waals surface area (Å²) >= 11 is 5.87. The zero-order chi connectivity index (χ0) is 11.4. The first-order valence-corrected chi connectivity index (χ1v) is 5.19. The smallest absolute Gasteiger partial charge is 0.251 e. The van der Waals surface area contributed by atoms with Gasteiger partial charge in [-0.15, -0.1) is 0 Å². The lowest BCUT2D eigenvalue weighted by Gasteiger charge is -2.11. The van der Waals surface area contributed by atoms with Gasteiger partial charge in [0.25, 0.3) is 5.91 Å². The van der Waals surface area contributed by atoms with Crippen LogP contribution in [-0.4, -0.2) is 18.5 Å². The number of nitrogens with two attached hydrogens (primary N) is 1. The van der Waals surface area contributed by atoms with Gasteiger partial charge in [-0.1, -0.05) is 11.6 Å². The van der Waals surface area contributed by atoms with Gasteiger partial charge in [-0.25, -0.2) is 0 Å². The zero-order valence-corrected chi connectivity index (χ0v) is 9.64. The van der Waals surface area contributed by atoms with E-state index in [1.165, 1.54) is 0 Å². The van der Waals surface area contributed by atoms with Gasteiger partial charge in [0.1, 0.15) is 0 Å². The van der Waals surface area contributed by atoms with Crippen molar-refractivity contribution in [3.8, 4) is 0 Å². The minimum absolute atomic E-state index is 0.0199. The summed E-state index contributed by atoms with van der Waals surface area (Å²) in [5.74, 6) is -0.118. The Morgan fingerprint density at radius 2 is 2.27 bits per heavy atom. The Labute approximate surface area is 94.6 Å². The third-order valence-electron chi connectivity index (χ3n) is 2.15. The summed E-state index contributed by atoms with van der Waals surface area (Å²) in [6, 6.07) is 5.17. The lowest BCUT2D eigenvalue weighted by molar-refractivity contribution is 0.0941. The van der Waals surface area contributed by atoms with E-state index in [2.05, 4.69) is 5.32 Å². The van der Waals surface area contributed by atoms with Gasteiger partial charge in [-0.05, 0) is 37.6 Å². The molecule has 1 rings (SSSR count). The van der Waals surface area contributed by atoms with Crippen LogP contribution in [-0.2, 0) is 0 Å². The number of carbonyl (C=O) groups is 1. The van der Waals surface area contributed by atoms with Gasteiger partial charge in [-0.2, -0.15) is 0 Å². The van der Waals surface area contributed by atoms with Crippen LogP contribution in [0.1, 0.15) is 22.8 Å². The lowest BCUT2D eigenvalue weighted by atomic mass is 10.1. The van der Waals surface area contributed by atoms with Crippen molar-refractivity contribution in [2.45, 2.75) is 19.9 Å². The van der Waals surface area contributed by atoms with Gasteiger partial charge in [0.2, 0.25) is 0 Å². The van der Waals surface area contributed by atoms with E-state index in [0.717, 1.165) is 5.56 Å². The maximum Gasteiger partial charge on any atom is 0.251 e. The van der Waals surface area contributed by atoms with Crippen molar-refractivity contribution in [1.82, 2.24) is 5.32 Å². The largest absolute Gasteiger partial charge is 0.348 e. The first-order chi connectivity index (χ1) is 7.04. The molecule has 0 aliphatic rings. The second-order valence-corrected chi connectivity index (χ2v) is 3.98. The Kier molecular flexibility index (Phi) is 4.12. The van der Waals surface area contributed by atoms with Crippen LogP contribution in [0, 0.1) is 6.92 Å². The molecule has 3 nitrogen and oxygen atoms in total. The van der Waals surface area contributed by atoms with E-state index >= 15 is 0 Å². The number of nitrogens with one attached hydrogen (secondary N) is 1. The molecule has 0 spiro atoms. The number of amides is 1. The molecule has 0 saturated heterocycles. The molecule has 0 bridgehead atoms. The predicted octanol–water partition coefficient (Wildman–Crippen LogP) is 1.73. The molecule has 4 heteroatoms. The van der Waals surface area contributed by atoms with Crippen LogP contribution in [0.25, 0.3) is 0 Å². The molecule has 0 saturated carbocycles. The summed E-state index contributed by atoms with van der Waals surface area (Å²) in [6.07, 6.45) is 0. The number of benzene rings is 1. The highest BCUT2D eigenvalue weighted by atomic mass is 35.5. The molecule has 0 aliphatic heterocycles. The molecule has 0 aromatic heterocycles. The van der Waals surface area contributed by atoms with Crippen LogP contribution >= 0.6 is 11.6 Å². The van der Waals surface area contributed by atoms with E-state index in [0.29, 0.717) is 17.1 Å². The number of halogens is 1. The van der Waals surface area contributed by atoms with E-state index < -0.39 is 0 Å². The van der Waals surface area contributed by atoms with Gasteiger partial charge in [-0.3, -0.25) is 4.79 Å². The molecule has 0 aliphatic carbocycles. The highest BCUT2D eigenvalue weighted by molar-refractivity contribution is 6.31. The second-order valence-electron chi connectivity index (χ2n) is 3.57. The first kappa shape index (κ1) is 12.0. The number of hydrogen-bond acceptors (Lipinski definition) is 2. The van der Waals surface area contributed by atoms with Crippen LogP contribution < -0.4 is 11.1 Å². The fourth-order valence-electron chi connectivity index (χ4n) is 1.15. The molecule has 0 heterocycles. The summed E-state index contributed by atoms with van der Waals surface area (Å²) in [7, 11) is 0. The molecule has 15 heavy (non-hydrogen) atoms. The van der Waals surface area contributed by atoms with Gasteiger partial charge < -0.3 is 11.1 Å². The van der Waals surface area contributed by atoms with Gasteiger partial charge in [0, 0.05) is 23.2 Å². The van der Waals surface area contributed by atoms with Gasteiger partial charge in [0.05, 0.1) is 0 Å². The molecule has 1 amide bonds. The first-order valence-electron chi connectivity index (χ1n) is 4.81. The topological polar surface area (TPSA) is 55.1 Å². The number of carbonyl (C=O) groups excluding carboxylic acids is 1. The lowest BCUT2D eigenvalue weighted by Crippen LogP contribution is -2.37. The monoisotopic (exact) mass is 226 g/mol. The summed E-state index contributed by atoms with van der Waals surface area (Å²) < 4.78 is 0. The Morgan fingerprint density at radius 1 is 1.60 bits per heavy atom. The number of hydrogen-bond donors (Lipinski definition) is 2. The summed E-state index contributed by atoms with van der Waals surface area (Å²) in [5.41, 5.74) is 6.92. The van der Waals surface area contributed by atoms with Crippen LogP contribution in [0.4, 0.5) is 0 Å². The number of aryl methyl sites for hydroxylation is 1. The second kappa shape index (κ2) is 5.14. The third-order valence-corrected chi connectivity index (χ3v) is 2.58. The quantitative estimate of drug-likeness (QED) is 0.825. The SMILES string of the molecule is Cc1cc(C(=O)NC(C)CN)ccc1Cl. The normalized spacial score (nSPS) is 12.3. The Morgan fingerprint density at radius 3 is 2.80 bits per heavy atom. The van der Waals surface area contributed by atoms with Crippen LogP contribution in [0.3, 0.4) is 0 Å². The van der Waals surface area contributed by atoms with E-state index in [1.807, 2.05) is 13.8 Å². The minimum Gasteiger partial charge on any atom is -0.348 e. The highest BCUT2D eigenvalue weighted by Crippen LogP contribution is 2.16. The number of rotatable bonds is 3. The van der Waals surface area contributed by atoms with Crippen LogP contribution in [0.5, 0.6) is 0 Å². The van der Waals surface area contributed by atoms with Crippen LogP contribution in [0.15, 0.2) is 18.2 Å². The summed E-state index contributed by atoms with van der Waals surface area (Å²) in [5, 5.41) is 3.45. The molecular formula is C11H15ClN2O. The van der Waals surface area contributed by atoms with Crippen molar-refractivity contribution >= 4 is 17.5 Å². The summed E-state index contributed by atoms with van der Waals surface area (Å²) in [6.45, 7) is 4.16. The molecule has 82 valence electrons. The van der Waals surface area contributed by atoms with Gasteiger partial charge in [0.15, 0.2) is 0 Å². The standard InChI is InChI=1S/C11H15ClN2O/c1-7-5-9(3-4-10(7)12)11(15)14-8(2)6-13/h3-5,8H,6,13H2,1-2H3,(H,14,15). The van der Waals surface area contributed by atoms with E-state index in [9.17, 15) is 4.79 Å².